The second-order valence-corrected chi connectivity index (χ2v) is 8.81. The molecule has 2 aromatic heterocycles. The average Bonchev–Trinajstić information content (AvgIpc) is 3.06. The van der Waals surface area contributed by atoms with Crippen molar-refractivity contribution < 1.29 is 31.4 Å². The third-order valence-electron chi connectivity index (χ3n) is 4.71. The maximum absolute atomic E-state index is 12.8. The van der Waals surface area contributed by atoms with E-state index in [0.29, 0.717) is 11.3 Å². The number of benzene rings is 2. The first-order valence-corrected chi connectivity index (χ1v) is 11.7. The standard InChI is InChI=1S/C22H18F3N5O5S/c23-22(24,25)35-18-8-6-17(7-9-18)30-20(31)14-29(21(30)32)13-15-10-11-26-19(12-15)28-36(33,34)27-16-4-2-1-3-5-16/h1-12,14,27,31H,13H2,(H,26,28). The van der Waals surface area contributed by atoms with E-state index in [1.165, 1.54) is 24.4 Å². The van der Waals surface area contributed by atoms with E-state index in [0.717, 1.165) is 27.5 Å². The van der Waals surface area contributed by atoms with Gasteiger partial charge in [-0.3, -0.25) is 14.0 Å². The van der Waals surface area contributed by atoms with Gasteiger partial charge in [-0.25, -0.2) is 14.3 Å². The number of nitrogens with one attached hydrogen (secondary N) is 2. The number of hydrogen-bond acceptors (Lipinski definition) is 6. The zero-order valence-corrected chi connectivity index (χ0v) is 19.0. The number of nitrogens with zero attached hydrogens (tertiary/aromatic N) is 3. The molecular formula is C22H18F3N5O5S. The number of aromatic hydroxyl groups is 1. The third-order valence-corrected chi connectivity index (χ3v) is 5.69. The molecule has 2 heterocycles. The number of aromatic nitrogens is 3. The van der Waals surface area contributed by atoms with E-state index >= 15 is 0 Å². The van der Waals surface area contributed by atoms with Crippen LogP contribution >= 0.6 is 0 Å². The second-order valence-electron chi connectivity index (χ2n) is 7.40. The summed E-state index contributed by atoms with van der Waals surface area (Å²) >= 11 is 0. The van der Waals surface area contributed by atoms with E-state index in [-0.39, 0.29) is 18.1 Å². The fourth-order valence-corrected chi connectivity index (χ4v) is 4.17. The summed E-state index contributed by atoms with van der Waals surface area (Å²) in [6.45, 7) is -0.0575. The molecule has 4 rings (SSSR count). The Kier molecular flexibility index (Phi) is 6.61. The van der Waals surface area contributed by atoms with Crippen LogP contribution in [0.2, 0.25) is 0 Å². The van der Waals surface area contributed by atoms with Gasteiger partial charge < -0.3 is 9.84 Å². The molecule has 188 valence electrons. The summed E-state index contributed by atoms with van der Waals surface area (Å²) < 4.78 is 72.3. The Morgan fingerprint density at radius 1 is 1.00 bits per heavy atom. The summed E-state index contributed by atoms with van der Waals surface area (Å²) in [6, 6.07) is 15.6. The van der Waals surface area contributed by atoms with Gasteiger partial charge in [-0.15, -0.1) is 13.2 Å². The lowest BCUT2D eigenvalue weighted by molar-refractivity contribution is -0.274. The number of para-hydroxylation sites is 1. The molecule has 0 atom stereocenters. The molecule has 3 N–H and O–H groups in total. The van der Waals surface area contributed by atoms with Crippen molar-refractivity contribution in [3.05, 3.63) is 95.2 Å². The van der Waals surface area contributed by atoms with Crippen molar-refractivity contribution in [2.45, 2.75) is 12.9 Å². The monoisotopic (exact) mass is 521 g/mol. The average molecular weight is 521 g/mol. The molecule has 0 radical (unpaired) electrons. The molecule has 0 saturated heterocycles. The molecule has 14 heteroatoms. The second kappa shape index (κ2) is 9.65. The van der Waals surface area contributed by atoms with E-state index < -0.39 is 33.9 Å². The summed E-state index contributed by atoms with van der Waals surface area (Å²) in [4.78, 5) is 16.8. The summed E-state index contributed by atoms with van der Waals surface area (Å²) in [7, 11) is -3.99. The zero-order chi connectivity index (χ0) is 25.9. The molecule has 4 aromatic rings. The van der Waals surface area contributed by atoms with E-state index in [9.17, 15) is 31.5 Å². The fraction of sp³-hybridized carbons (Fsp3) is 0.0909. The lowest BCUT2D eigenvalue weighted by atomic mass is 10.2. The molecule has 0 unspecified atom stereocenters. The molecule has 0 aliphatic carbocycles. The fourth-order valence-electron chi connectivity index (χ4n) is 3.28. The number of hydrogen-bond donors (Lipinski definition) is 3. The molecule has 0 bridgehead atoms. The lowest BCUT2D eigenvalue weighted by Gasteiger charge is -2.10. The van der Waals surface area contributed by atoms with Gasteiger partial charge >= 0.3 is 22.3 Å². The lowest BCUT2D eigenvalue weighted by Crippen LogP contribution is -2.24. The Balaban J connectivity index is 1.51. The Morgan fingerprint density at radius 2 is 1.69 bits per heavy atom. The highest BCUT2D eigenvalue weighted by Gasteiger charge is 2.31. The van der Waals surface area contributed by atoms with Crippen LogP contribution in [-0.2, 0) is 16.8 Å². The van der Waals surface area contributed by atoms with E-state index in [2.05, 4.69) is 19.2 Å². The smallest absolute Gasteiger partial charge is 0.493 e. The van der Waals surface area contributed by atoms with Gasteiger partial charge in [0.05, 0.1) is 24.1 Å². The molecular weight excluding hydrogens is 503 g/mol. The number of ether oxygens (including phenoxy) is 1. The molecule has 0 aliphatic heterocycles. The van der Waals surface area contributed by atoms with Crippen molar-refractivity contribution in [3.63, 3.8) is 0 Å². The van der Waals surface area contributed by atoms with E-state index in [4.69, 9.17) is 0 Å². The van der Waals surface area contributed by atoms with Gasteiger partial charge in [0.25, 0.3) is 0 Å². The van der Waals surface area contributed by atoms with Crippen LogP contribution in [0.15, 0.2) is 83.9 Å². The summed E-state index contributed by atoms with van der Waals surface area (Å²) in [5.41, 5.74) is 0.265. The van der Waals surface area contributed by atoms with Crippen molar-refractivity contribution in [2.75, 3.05) is 9.44 Å². The quantitative estimate of drug-likeness (QED) is 0.326. The molecule has 10 nitrogen and oxygen atoms in total. The Morgan fingerprint density at radius 3 is 2.36 bits per heavy atom. The predicted octanol–water partition coefficient (Wildman–Crippen LogP) is 3.46. The van der Waals surface area contributed by atoms with Gasteiger partial charge in [-0.1, -0.05) is 18.2 Å². The van der Waals surface area contributed by atoms with Gasteiger partial charge in [0, 0.05) is 6.20 Å². The van der Waals surface area contributed by atoms with Gasteiger partial charge in [0.1, 0.15) is 11.6 Å². The first kappa shape index (κ1) is 24.7. The van der Waals surface area contributed by atoms with Crippen LogP contribution in [0.1, 0.15) is 5.56 Å². The van der Waals surface area contributed by atoms with Crippen LogP contribution < -0.4 is 19.9 Å². The zero-order valence-electron chi connectivity index (χ0n) is 18.2. The molecule has 0 aliphatic rings. The van der Waals surface area contributed by atoms with Gasteiger partial charge in [-0.05, 0) is 54.1 Å². The summed E-state index contributed by atoms with van der Waals surface area (Å²) in [5.74, 6) is -0.939. The maximum Gasteiger partial charge on any atom is 0.573 e. The molecule has 36 heavy (non-hydrogen) atoms. The molecule has 0 saturated carbocycles. The molecule has 0 fully saturated rings. The van der Waals surface area contributed by atoms with Gasteiger partial charge in [0.2, 0.25) is 5.88 Å². The highest BCUT2D eigenvalue weighted by Crippen LogP contribution is 2.24. The van der Waals surface area contributed by atoms with Gasteiger partial charge in [-0.2, -0.15) is 8.42 Å². The summed E-state index contributed by atoms with van der Waals surface area (Å²) in [5, 5.41) is 10.3. The maximum atomic E-state index is 12.8. The van der Waals surface area contributed by atoms with Crippen LogP contribution in [0, 0.1) is 0 Å². The van der Waals surface area contributed by atoms with Crippen LogP contribution in [0.25, 0.3) is 5.69 Å². The number of pyridine rings is 1. The Bertz CT molecular complexity index is 1520. The first-order chi connectivity index (χ1) is 17.0. The Labute approximate surface area is 202 Å². The van der Waals surface area contributed by atoms with Crippen molar-refractivity contribution in [1.82, 2.24) is 14.1 Å². The first-order valence-electron chi connectivity index (χ1n) is 10.2. The molecule has 0 spiro atoms. The normalized spacial score (nSPS) is 11.8. The van der Waals surface area contributed by atoms with Crippen LogP contribution in [0.3, 0.4) is 0 Å². The molecule has 2 aromatic carbocycles. The highest BCUT2D eigenvalue weighted by atomic mass is 32.2. The predicted molar refractivity (Wildman–Crippen MR) is 124 cm³/mol. The number of alkyl halides is 3. The number of imidazole rings is 1. The number of anilines is 2. The minimum Gasteiger partial charge on any atom is -0.493 e. The van der Waals surface area contributed by atoms with E-state index in [1.807, 2.05) is 0 Å². The van der Waals surface area contributed by atoms with Crippen molar-refractivity contribution >= 4 is 21.7 Å². The topological polar surface area (TPSA) is 127 Å². The van der Waals surface area contributed by atoms with Crippen molar-refractivity contribution in [1.29, 1.82) is 0 Å². The largest absolute Gasteiger partial charge is 0.573 e. The SMILES string of the molecule is O=c1n(Cc2ccnc(NS(=O)(=O)Nc3ccccc3)c2)cc(O)n1-c1ccc(OC(F)(F)F)cc1. The Hall–Kier alpha value is -4.46. The van der Waals surface area contributed by atoms with Gasteiger partial charge in [0.15, 0.2) is 0 Å². The van der Waals surface area contributed by atoms with Crippen LogP contribution in [-0.4, -0.2) is 34.0 Å². The molecule has 0 amide bonds. The number of rotatable bonds is 8. The minimum absolute atomic E-state index is 0.00659. The summed E-state index contributed by atoms with van der Waals surface area (Å²) in [6.07, 6.45) is -2.38. The van der Waals surface area contributed by atoms with Crippen LogP contribution in [0.5, 0.6) is 11.6 Å². The van der Waals surface area contributed by atoms with E-state index in [1.54, 1.807) is 36.4 Å². The van der Waals surface area contributed by atoms with Crippen LogP contribution in [0.4, 0.5) is 24.7 Å². The third kappa shape index (κ3) is 6.15. The van der Waals surface area contributed by atoms with Crippen molar-refractivity contribution in [2.24, 2.45) is 0 Å². The minimum atomic E-state index is -4.86. The highest BCUT2D eigenvalue weighted by molar-refractivity contribution is 7.94. The number of halogens is 3. The van der Waals surface area contributed by atoms with Crippen molar-refractivity contribution in [3.8, 4) is 17.3 Å².